The average Bonchev–Trinajstić information content (AvgIpc) is 4.10. The molecule has 5 heterocycles. The number of rotatable bonds is 8. The van der Waals surface area contributed by atoms with Gasteiger partial charge in [0.1, 0.15) is 23.0 Å². The number of aromatic nitrogens is 4. The van der Waals surface area contributed by atoms with E-state index in [1.807, 2.05) is 36.4 Å². The van der Waals surface area contributed by atoms with Gasteiger partial charge in [-0.2, -0.15) is 0 Å². The van der Waals surface area contributed by atoms with E-state index in [2.05, 4.69) is 121 Å². The van der Waals surface area contributed by atoms with Crippen molar-refractivity contribution in [3.8, 4) is 67.5 Å². The molecule has 2 aliphatic rings. The number of hydrogen-bond acceptors (Lipinski definition) is 6. The van der Waals surface area contributed by atoms with Gasteiger partial charge in [0.05, 0.1) is 51.2 Å². The molecule has 4 aromatic carbocycles. The van der Waals surface area contributed by atoms with Crippen molar-refractivity contribution < 1.29 is 18.9 Å². The van der Waals surface area contributed by atoms with Crippen molar-refractivity contribution in [1.29, 1.82) is 0 Å². The van der Waals surface area contributed by atoms with Crippen LogP contribution in [-0.4, -0.2) is 48.4 Å². The summed E-state index contributed by atoms with van der Waals surface area (Å²) < 4.78 is 23.0. The molecule has 8 bridgehead atoms. The molecule has 7 aromatic rings. The number of ether oxygens (including phenoxy) is 4. The lowest BCUT2D eigenvalue weighted by Gasteiger charge is -2.10. The highest BCUT2D eigenvalue weighted by molar-refractivity contribution is 6.00. The van der Waals surface area contributed by atoms with Crippen LogP contribution in [0.5, 0.6) is 23.0 Å². The first kappa shape index (κ1) is 36.3. The van der Waals surface area contributed by atoms with Gasteiger partial charge >= 0.3 is 0 Å². The van der Waals surface area contributed by atoms with Crippen LogP contribution in [0.3, 0.4) is 0 Å². The number of H-pyrrole nitrogens is 2. The average molecular weight is 763 g/mol. The van der Waals surface area contributed by atoms with Gasteiger partial charge in [-0.15, -0.1) is 0 Å². The minimum absolute atomic E-state index is 0.680. The number of fused-ring (bicyclic) bond motifs is 8. The Hall–Kier alpha value is -7.32. The van der Waals surface area contributed by atoms with Crippen LogP contribution in [-0.2, 0) is 0 Å². The Balaban J connectivity index is 1.48. The van der Waals surface area contributed by atoms with E-state index >= 15 is 0 Å². The molecule has 8 nitrogen and oxygen atoms in total. The fourth-order valence-electron chi connectivity index (χ4n) is 7.76. The lowest BCUT2D eigenvalue weighted by molar-refractivity contribution is 0.394. The lowest BCUT2D eigenvalue weighted by Crippen LogP contribution is -1.92. The van der Waals surface area contributed by atoms with Crippen LogP contribution in [0.2, 0.25) is 0 Å². The summed E-state index contributed by atoms with van der Waals surface area (Å²) >= 11 is 0. The van der Waals surface area contributed by atoms with Crippen LogP contribution in [0.15, 0.2) is 109 Å². The first-order chi connectivity index (χ1) is 28.3. The second kappa shape index (κ2) is 15.0. The molecule has 0 fully saturated rings. The molecular formula is C50H42N4O4. The van der Waals surface area contributed by atoms with Crippen LogP contribution >= 0.6 is 0 Å². The van der Waals surface area contributed by atoms with Gasteiger partial charge in [0.25, 0.3) is 0 Å². The number of methoxy groups -OCH3 is 4. The first-order valence-corrected chi connectivity index (χ1v) is 19.1. The second-order valence-corrected chi connectivity index (χ2v) is 14.4. The molecule has 0 spiro atoms. The van der Waals surface area contributed by atoms with E-state index in [9.17, 15) is 0 Å². The zero-order valence-electron chi connectivity index (χ0n) is 33.2. The third-order valence-corrected chi connectivity index (χ3v) is 10.7. The largest absolute Gasteiger partial charge is 0.497 e. The Morgan fingerprint density at radius 2 is 0.621 bits per heavy atom. The van der Waals surface area contributed by atoms with E-state index in [0.717, 1.165) is 89.4 Å². The van der Waals surface area contributed by atoms with E-state index in [1.165, 1.54) is 11.1 Å². The van der Waals surface area contributed by atoms with Crippen molar-refractivity contribution in [2.24, 2.45) is 0 Å². The number of nitrogens with one attached hydrogen (secondary N) is 2. The van der Waals surface area contributed by atoms with Gasteiger partial charge in [0.15, 0.2) is 0 Å². The van der Waals surface area contributed by atoms with E-state index in [-0.39, 0.29) is 0 Å². The fourth-order valence-corrected chi connectivity index (χ4v) is 7.76. The Morgan fingerprint density at radius 1 is 0.345 bits per heavy atom. The molecule has 286 valence electrons. The first-order valence-electron chi connectivity index (χ1n) is 19.1. The molecule has 0 atom stereocenters. The molecule has 8 heteroatoms. The Bertz CT molecular complexity index is 2710. The standard InChI is InChI=1S/C50H42N4O4/c1-29-7-11-31(12-8-29)47-39-15-19-43(51-39)49(33-23-35(55-3)27-36(24-33)56-4)45-21-17-41(53-45)48(32-13-9-30(2)10-14-32)42-18-22-46(54-42)50(44-20-16-40(47)52-44)34-25-37(57-5)28-38(26-34)58-6/h7-28,51,54H,1-6H3. The van der Waals surface area contributed by atoms with Crippen molar-refractivity contribution in [2.75, 3.05) is 28.4 Å². The zero-order valence-corrected chi connectivity index (χ0v) is 33.2. The molecule has 0 radical (unpaired) electrons. The molecule has 0 saturated carbocycles. The quantitative estimate of drug-likeness (QED) is 0.160. The zero-order chi connectivity index (χ0) is 39.9. The Labute approximate surface area is 337 Å². The Kier molecular flexibility index (Phi) is 9.38. The summed E-state index contributed by atoms with van der Waals surface area (Å²) in [6, 6.07) is 37.4. The van der Waals surface area contributed by atoms with Crippen molar-refractivity contribution in [3.05, 3.63) is 143 Å². The number of benzene rings is 4. The van der Waals surface area contributed by atoms with Crippen LogP contribution < -0.4 is 18.9 Å². The summed E-state index contributed by atoms with van der Waals surface area (Å²) in [5, 5.41) is 0. The molecule has 3 aromatic heterocycles. The topological polar surface area (TPSA) is 94.3 Å². The molecule has 2 N–H and O–H groups in total. The van der Waals surface area contributed by atoms with Crippen molar-refractivity contribution in [3.63, 3.8) is 0 Å². The summed E-state index contributed by atoms with van der Waals surface area (Å²) in [7, 11) is 6.66. The van der Waals surface area contributed by atoms with Crippen LogP contribution in [0.25, 0.3) is 90.9 Å². The monoisotopic (exact) mass is 762 g/mol. The van der Waals surface area contributed by atoms with E-state index in [4.69, 9.17) is 28.9 Å². The normalized spacial score (nSPS) is 11.8. The van der Waals surface area contributed by atoms with Crippen LogP contribution in [0.4, 0.5) is 0 Å². The highest BCUT2D eigenvalue weighted by Gasteiger charge is 2.20. The summed E-state index contributed by atoms with van der Waals surface area (Å²) in [5.74, 6) is 2.72. The number of hydrogen-bond donors (Lipinski definition) is 2. The molecule has 9 rings (SSSR count). The highest BCUT2D eigenvalue weighted by Crippen LogP contribution is 2.41. The minimum atomic E-state index is 0.680. The van der Waals surface area contributed by atoms with Gasteiger partial charge in [-0.3, -0.25) is 0 Å². The minimum Gasteiger partial charge on any atom is -0.497 e. The van der Waals surface area contributed by atoms with Crippen LogP contribution in [0.1, 0.15) is 33.9 Å². The van der Waals surface area contributed by atoms with E-state index in [1.54, 1.807) is 28.4 Å². The molecule has 0 unspecified atom stereocenters. The molecule has 0 saturated heterocycles. The van der Waals surface area contributed by atoms with E-state index < -0.39 is 0 Å². The van der Waals surface area contributed by atoms with Crippen molar-refractivity contribution in [1.82, 2.24) is 19.9 Å². The van der Waals surface area contributed by atoms with Crippen molar-refractivity contribution in [2.45, 2.75) is 13.8 Å². The molecule has 0 aliphatic carbocycles. The SMILES string of the molecule is COc1cc(OC)cc(-c2c3nc(c(-c4ccc(C)cc4)c4ccc([nH]4)c(-c4cc(OC)cc(OC)c4)c4nc(c(-c5ccc(C)cc5)c5ccc2[nH]5)C=C4)C=C3)c1. The predicted molar refractivity (Wildman–Crippen MR) is 236 cm³/mol. The lowest BCUT2D eigenvalue weighted by atomic mass is 10.0. The van der Waals surface area contributed by atoms with Gasteiger partial charge in [-0.25, -0.2) is 9.97 Å². The highest BCUT2D eigenvalue weighted by atomic mass is 16.5. The third-order valence-electron chi connectivity index (χ3n) is 10.7. The van der Waals surface area contributed by atoms with Gasteiger partial charge < -0.3 is 28.9 Å². The predicted octanol–water partition coefficient (Wildman–Crippen LogP) is 12.0. The second-order valence-electron chi connectivity index (χ2n) is 14.4. The van der Waals surface area contributed by atoms with Crippen molar-refractivity contribution >= 4 is 46.4 Å². The number of nitrogens with zero attached hydrogens (tertiary/aromatic N) is 2. The summed E-state index contributed by atoms with van der Waals surface area (Å²) in [5.41, 5.74) is 16.8. The van der Waals surface area contributed by atoms with Gasteiger partial charge in [0, 0.05) is 56.5 Å². The fraction of sp³-hybridized carbons (Fsp3) is 0.120. The maximum Gasteiger partial charge on any atom is 0.123 e. The Morgan fingerprint density at radius 3 is 0.897 bits per heavy atom. The molecule has 2 aliphatic heterocycles. The molecule has 0 amide bonds. The van der Waals surface area contributed by atoms with Gasteiger partial charge in [0.2, 0.25) is 0 Å². The number of aryl methyl sites for hydroxylation is 2. The maximum absolute atomic E-state index is 5.76. The van der Waals surface area contributed by atoms with Crippen LogP contribution in [0, 0.1) is 13.8 Å². The maximum atomic E-state index is 5.76. The number of aromatic amines is 2. The van der Waals surface area contributed by atoms with Gasteiger partial charge in [-0.1, -0.05) is 59.7 Å². The van der Waals surface area contributed by atoms with E-state index in [0.29, 0.717) is 23.0 Å². The summed E-state index contributed by atoms with van der Waals surface area (Å²) in [6.45, 7) is 4.19. The summed E-state index contributed by atoms with van der Waals surface area (Å²) in [4.78, 5) is 18.5. The third kappa shape index (κ3) is 6.68. The molecular weight excluding hydrogens is 721 g/mol. The van der Waals surface area contributed by atoms with Gasteiger partial charge in [-0.05, 0) is 109 Å². The molecule has 58 heavy (non-hydrogen) atoms. The smallest absolute Gasteiger partial charge is 0.123 e. The summed E-state index contributed by atoms with van der Waals surface area (Å²) in [6.07, 6.45) is 8.36.